The molecule has 0 bridgehead atoms. The van der Waals surface area contributed by atoms with Crippen molar-refractivity contribution in [3.63, 3.8) is 0 Å². The zero-order valence-electron chi connectivity index (χ0n) is 9.31. The molecule has 12 heavy (non-hydrogen) atoms. The minimum Gasteiger partial charge on any atom is -0.0847 e. The van der Waals surface area contributed by atoms with E-state index in [1.165, 1.54) is 11.1 Å². The first kappa shape index (κ1) is 13.8. The molecule has 0 aromatic rings. The van der Waals surface area contributed by atoms with E-state index in [4.69, 9.17) is 0 Å². The minimum absolute atomic E-state index is 1.31. The van der Waals surface area contributed by atoms with Gasteiger partial charge >= 0.3 is 0 Å². The standard InChI is InChI=1S/C10H16.C2H6/c1-5-9(3)7-8-10(4)6-2;1-2/h5-8H,1-4H3;1-2H3/b8-7-,9-5-,10-6-;. The highest BCUT2D eigenvalue weighted by Crippen LogP contribution is 1.99. The van der Waals surface area contributed by atoms with E-state index < -0.39 is 0 Å². The maximum atomic E-state index is 2.12. The molecule has 0 unspecified atom stereocenters. The van der Waals surface area contributed by atoms with Gasteiger partial charge in [-0.2, -0.15) is 0 Å². The molecule has 0 N–H and O–H groups in total. The van der Waals surface area contributed by atoms with Crippen molar-refractivity contribution in [1.29, 1.82) is 0 Å². The number of allylic oxidation sites excluding steroid dienone is 6. The van der Waals surface area contributed by atoms with Crippen LogP contribution in [-0.4, -0.2) is 0 Å². The van der Waals surface area contributed by atoms with Crippen LogP contribution in [0.15, 0.2) is 35.5 Å². The van der Waals surface area contributed by atoms with Crippen LogP contribution in [0, 0.1) is 0 Å². The van der Waals surface area contributed by atoms with Gasteiger partial charge in [-0.3, -0.25) is 0 Å². The quantitative estimate of drug-likeness (QED) is 0.530. The summed E-state index contributed by atoms with van der Waals surface area (Å²) in [5.74, 6) is 0. The Hall–Kier alpha value is -0.780. The molecule has 0 radical (unpaired) electrons. The van der Waals surface area contributed by atoms with Crippen molar-refractivity contribution in [3.8, 4) is 0 Å². The molecule has 70 valence electrons. The summed E-state index contributed by atoms with van der Waals surface area (Å²) in [6.07, 6.45) is 8.43. The Bertz CT molecular complexity index is 148. The van der Waals surface area contributed by atoms with Crippen molar-refractivity contribution in [1.82, 2.24) is 0 Å². The normalized spacial score (nSPS) is 12.8. The van der Waals surface area contributed by atoms with Crippen LogP contribution in [0.4, 0.5) is 0 Å². The van der Waals surface area contributed by atoms with E-state index in [2.05, 4.69) is 38.2 Å². The van der Waals surface area contributed by atoms with Crippen molar-refractivity contribution >= 4 is 0 Å². The Morgan fingerprint density at radius 1 is 0.750 bits per heavy atom. The molecule has 0 saturated carbocycles. The lowest BCUT2D eigenvalue weighted by Crippen LogP contribution is -1.67. The van der Waals surface area contributed by atoms with Crippen molar-refractivity contribution in [3.05, 3.63) is 35.5 Å². The molecule has 0 spiro atoms. The van der Waals surface area contributed by atoms with Crippen LogP contribution in [0.25, 0.3) is 0 Å². The predicted molar refractivity (Wildman–Crippen MR) is 59.4 cm³/mol. The number of hydrogen-bond donors (Lipinski definition) is 0. The van der Waals surface area contributed by atoms with Crippen LogP contribution >= 0.6 is 0 Å². The molecule has 0 amide bonds. The number of rotatable bonds is 2. The summed E-state index contributed by atoms with van der Waals surface area (Å²) in [5.41, 5.74) is 2.61. The summed E-state index contributed by atoms with van der Waals surface area (Å²) in [6.45, 7) is 12.3. The van der Waals surface area contributed by atoms with E-state index in [0.717, 1.165) is 0 Å². The molecular formula is C12H22. The summed E-state index contributed by atoms with van der Waals surface area (Å²) in [5, 5.41) is 0. The zero-order valence-corrected chi connectivity index (χ0v) is 9.31. The minimum atomic E-state index is 1.31. The Kier molecular flexibility index (Phi) is 11.7. The Morgan fingerprint density at radius 3 is 1.17 bits per heavy atom. The van der Waals surface area contributed by atoms with Gasteiger partial charge < -0.3 is 0 Å². The van der Waals surface area contributed by atoms with Crippen LogP contribution in [0.3, 0.4) is 0 Å². The highest BCUT2D eigenvalue weighted by Gasteiger charge is 1.78. The lowest BCUT2D eigenvalue weighted by atomic mass is 10.2. The molecular weight excluding hydrogens is 144 g/mol. The van der Waals surface area contributed by atoms with Gasteiger partial charge in [-0.05, 0) is 27.7 Å². The third-order valence-electron chi connectivity index (χ3n) is 1.52. The second-order valence-corrected chi connectivity index (χ2v) is 2.40. The SMILES string of the molecule is CC.C\C=C(C)/C=C\C(C)=C/C. The molecule has 0 aromatic carbocycles. The van der Waals surface area contributed by atoms with Gasteiger partial charge in [0, 0.05) is 0 Å². The van der Waals surface area contributed by atoms with Crippen LogP contribution < -0.4 is 0 Å². The topological polar surface area (TPSA) is 0 Å². The maximum Gasteiger partial charge on any atom is -0.0401 e. The monoisotopic (exact) mass is 166 g/mol. The molecule has 0 aliphatic rings. The molecule has 0 fully saturated rings. The van der Waals surface area contributed by atoms with Gasteiger partial charge in [0.2, 0.25) is 0 Å². The third kappa shape index (κ3) is 9.22. The van der Waals surface area contributed by atoms with Crippen molar-refractivity contribution in [2.75, 3.05) is 0 Å². The first-order chi connectivity index (χ1) is 5.70. The van der Waals surface area contributed by atoms with Crippen molar-refractivity contribution < 1.29 is 0 Å². The molecule has 0 aliphatic carbocycles. The van der Waals surface area contributed by atoms with Crippen molar-refractivity contribution in [2.45, 2.75) is 41.5 Å². The summed E-state index contributed by atoms with van der Waals surface area (Å²) in [6, 6.07) is 0. The first-order valence-corrected chi connectivity index (χ1v) is 4.64. The van der Waals surface area contributed by atoms with Crippen LogP contribution in [0.5, 0.6) is 0 Å². The van der Waals surface area contributed by atoms with Gasteiger partial charge in [0.25, 0.3) is 0 Å². The fourth-order valence-electron chi connectivity index (χ4n) is 0.455. The van der Waals surface area contributed by atoms with E-state index in [9.17, 15) is 0 Å². The van der Waals surface area contributed by atoms with Crippen LogP contribution in [0.2, 0.25) is 0 Å². The van der Waals surface area contributed by atoms with E-state index in [0.29, 0.717) is 0 Å². The predicted octanol–water partition coefficient (Wildman–Crippen LogP) is 4.50. The van der Waals surface area contributed by atoms with E-state index in [1.807, 2.05) is 27.7 Å². The summed E-state index contributed by atoms with van der Waals surface area (Å²) in [4.78, 5) is 0. The fourth-order valence-corrected chi connectivity index (χ4v) is 0.455. The largest absolute Gasteiger partial charge is 0.0847 e. The Balaban J connectivity index is 0. The third-order valence-corrected chi connectivity index (χ3v) is 1.52. The molecule has 0 aliphatic heterocycles. The maximum absolute atomic E-state index is 2.12. The Morgan fingerprint density at radius 2 is 1.00 bits per heavy atom. The number of hydrogen-bond acceptors (Lipinski definition) is 0. The van der Waals surface area contributed by atoms with Gasteiger partial charge in [-0.1, -0.05) is 49.3 Å². The van der Waals surface area contributed by atoms with Gasteiger partial charge in [-0.15, -0.1) is 0 Å². The molecule has 0 atom stereocenters. The summed E-state index contributed by atoms with van der Waals surface area (Å²) >= 11 is 0. The second kappa shape index (κ2) is 10.2. The summed E-state index contributed by atoms with van der Waals surface area (Å²) in [7, 11) is 0. The molecule has 0 nitrogen and oxygen atoms in total. The van der Waals surface area contributed by atoms with Crippen molar-refractivity contribution in [2.24, 2.45) is 0 Å². The molecule has 0 saturated heterocycles. The smallest absolute Gasteiger partial charge is 0.0401 e. The fraction of sp³-hybridized carbons (Fsp3) is 0.500. The van der Waals surface area contributed by atoms with E-state index in [-0.39, 0.29) is 0 Å². The van der Waals surface area contributed by atoms with Gasteiger partial charge in [0.1, 0.15) is 0 Å². The zero-order chi connectivity index (χ0) is 9.98. The molecule has 0 aromatic heterocycles. The average molecular weight is 166 g/mol. The van der Waals surface area contributed by atoms with Crippen LogP contribution in [0.1, 0.15) is 41.5 Å². The van der Waals surface area contributed by atoms with Gasteiger partial charge in [0.15, 0.2) is 0 Å². The molecule has 0 heteroatoms. The molecule has 0 heterocycles. The average Bonchev–Trinajstić information content (AvgIpc) is 2.16. The highest BCUT2D eigenvalue weighted by molar-refractivity contribution is 5.24. The summed E-state index contributed by atoms with van der Waals surface area (Å²) < 4.78 is 0. The van der Waals surface area contributed by atoms with Crippen LogP contribution in [-0.2, 0) is 0 Å². The second-order valence-electron chi connectivity index (χ2n) is 2.40. The van der Waals surface area contributed by atoms with Gasteiger partial charge in [0.05, 0.1) is 0 Å². The lowest BCUT2D eigenvalue weighted by molar-refractivity contribution is 1.43. The lowest BCUT2D eigenvalue weighted by Gasteiger charge is -1.89. The first-order valence-electron chi connectivity index (χ1n) is 4.64. The Labute approximate surface area is 77.7 Å². The molecule has 0 rings (SSSR count). The van der Waals surface area contributed by atoms with E-state index in [1.54, 1.807) is 0 Å². The van der Waals surface area contributed by atoms with Gasteiger partial charge in [-0.25, -0.2) is 0 Å². The van der Waals surface area contributed by atoms with E-state index >= 15 is 0 Å². The highest BCUT2D eigenvalue weighted by atomic mass is 13.8.